The van der Waals surface area contributed by atoms with Crippen molar-refractivity contribution < 1.29 is 19.4 Å². The fraction of sp³-hybridized carbons (Fsp3) is 0.222. The minimum absolute atomic E-state index is 0.0371. The van der Waals surface area contributed by atoms with Crippen LogP contribution in [0.1, 0.15) is 17.3 Å². The number of carbonyl (C=O) groups is 1. The van der Waals surface area contributed by atoms with Crippen LogP contribution in [0.25, 0.3) is 0 Å². The topological polar surface area (TPSA) is 55.8 Å². The molecule has 74 valence electrons. The largest absolute Gasteiger partial charge is 0.505 e. The van der Waals surface area contributed by atoms with Gasteiger partial charge in [0.15, 0.2) is 17.3 Å². The van der Waals surface area contributed by atoms with E-state index in [1.54, 1.807) is 0 Å². The van der Waals surface area contributed by atoms with Crippen molar-refractivity contribution in [1.82, 2.24) is 0 Å². The standard InChI is InChI=1S/C9H7ClO4/c1-4(11)7-8(12)5(10)2-6-9(7)14-3-13-6/h2,12H,3H2,1H3. The smallest absolute Gasteiger partial charge is 0.231 e. The van der Waals surface area contributed by atoms with Gasteiger partial charge in [0.1, 0.15) is 11.3 Å². The molecule has 0 aromatic heterocycles. The Hall–Kier alpha value is -1.42. The molecule has 1 aromatic carbocycles. The van der Waals surface area contributed by atoms with Gasteiger partial charge in [-0.05, 0) is 6.92 Å². The van der Waals surface area contributed by atoms with E-state index in [9.17, 15) is 9.90 Å². The lowest BCUT2D eigenvalue weighted by Gasteiger charge is -2.06. The first-order chi connectivity index (χ1) is 6.61. The summed E-state index contributed by atoms with van der Waals surface area (Å²) >= 11 is 5.70. The van der Waals surface area contributed by atoms with Crippen LogP contribution in [0.15, 0.2) is 6.07 Å². The fourth-order valence-electron chi connectivity index (χ4n) is 1.33. The summed E-state index contributed by atoms with van der Waals surface area (Å²) in [6, 6.07) is 1.42. The van der Waals surface area contributed by atoms with Crippen molar-refractivity contribution in [3.63, 3.8) is 0 Å². The quantitative estimate of drug-likeness (QED) is 0.727. The third kappa shape index (κ3) is 1.19. The van der Waals surface area contributed by atoms with Crippen molar-refractivity contribution in [2.24, 2.45) is 0 Å². The lowest BCUT2D eigenvalue weighted by molar-refractivity contribution is 0.101. The number of Topliss-reactive ketones (excluding diaryl/α,β-unsaturated/α-hetero) is 1. The monoisotopic (exact) mass is 214 g/mol. The highest BCUT2D eigenvalue weighted by Crippen LogP contribution is 2.44. The molecule has 0 spiro atoms. The molecule has 0 atom stereocenters. The number of phenols is 1. The first-order valence-corrected chi connectivity index (χ1v) is 4.31. The minimum atomic E-state index is -0.313. The molecule has 1 heterocycles. The molecule has 1 aliphatic rings. The lowest BCUT2D eigenvalue weighted by Crippen LogP contribution is -1.98. The molecule has 2 rings (SSSR count). The van der Waals surface area contributed by atoms with Gasteiger partial charge in [-0.3, -0.25) is 4.79 Å². The maximum Gasteiger partial charge on any atom is 0.231 e. The minimum Gasteiger partial charge on any atom is -0.505 e. The normalized spacial score (nSPS) is 13.0. The molecule has 0 fully saturated rings. The number of hydrogen-bond donors (Lipinski definition) is 1. The van der Waals surface area contributed by atoms with E-state index >= 15 is 0 Å². The maximum absolute atomic E-state index is 11.2. The van der Waals surface area contributed by atoms with Gasteiger partial charge in [0, 0.05) is 6.07 Å². The summed E-state index contributed by atoms with van der Waals surface area (Å²) in [7, 11) is 0. The number of rotatable bonds is 1. The number of carbonyl (C=O) groups excluding carboxylic acids is 1. The number of halogens is 1. The van der Waals surface area contributed by atoms with Crippen LogP contribution in [0.4, 0.5) is 0 Å². The van der Waals surface area contributed by atoms with Crippen LogP contribution >= 0.6 is 11.6 Å². The van der Waals surface area contributed by atoms with Crippen LogP contribution in [0, 0.1) is 0 Å². The zero-order valence-corrected chi connectivity index (χ0v) is 8.09. The Morgan fingerprint density at radius 3 is 2.93 bits per heavy atom. The average Bonchev–Trinajstić information content (AvgIpc) is 2.52. The van der Waals surface area contributed by atoms with Crippen molar-refractivity contribution in [3.8, 4) is 17.2 Å². The summed E-state index contributed by atoms with van der Waals surface area (Å²) in [6.45, 7) is 1.36. The van der Waals surface area contributed by atoms with Gasteiger partial charge in [0.05, 0.1) is 5.02 Å². The molecule has 1 aliphatic heterocycles. The van der Waals surface area contributed by atoms with Gasteiger partial charge in [0.2, 0.25) is 6.79 Å². The molecular weight excluding hydrogens is 208 g/mol. The van der Waals surface area contributed by atoms with Gasteiger partial charge in [-0.25, -0.2) is 0 Å². The van der Waals surface area contributed by atoms with Gasteiger partial charge < -0.3 is 14.6 Å². The number of benzene rings is 1. The highest BCUT2D eigenvalue weighted by atomic mass is 35.5. The Morgan fingerprint density at radius 1 is 1.57 bits per heavy atom. The third-order valence-corrected chi connectivity index (χ3v) is 2.23. The van der Waals surface area contributed by atoms with Gasteiger partial charge >= 0.3 is 0 Å². The molecule has 0 aliphatic carbocycles. The van der Waals surface area contributed by atoms with Crippen LogP contribution < -0.4 is 9.47 Å². The molecule has 14 heavy (non-hydrogen) atoms. The first kappa shape index (κ1) is 9.15. The van der Waals surface area contributed by atoms with Crippen molar-refractivity contribution in [3.05, 3.63) is 16.7 Å². The van der Waals surface area contributed by atoms with Crippen molar-refractivity contribution >= 4 is 17.4 Å². The average molecular weight is 215 g/mol. The molecule has 0 amide bonds. The van der Waals surface area contributed by atoms with Gasteiger partial charge in [0.25, 0.3) is 0 Å². The van der Waals surface area contributed by atoms with Crippen molar-refractivity contribution in [2.45, 2.75) is 6.92 Å². The summed E-state index contributed by atoms with van der Waals surface area (Å²) in [5, 5.41) is 9.63. The number of ketones is 1. The summed E-state index contributed by atoms with van der Waals surface area (Å²) in [6.07, 6.45) is 0. The molecular formula is C9H7ClO4. The highest BCUT2D eigenvalue weighted by Gasteiger charge is 2.26. The summed E-state index contributed by atoms with van der Waals surface area (Å²) in [5.74, 6) is 0.0765. The predicted octanol–water partition coefficient (Wildman–Crippen LogP) is 1.98. The van der Waals surface area contributed by atoms with E-state index in [0.29, 0.717) is 5.75 Å². The number of fused-ring (bicyclic) bond motifs is 1. The number of phenolic OH excluding ortho intramolecular Hbond substituents is 1. The molecule has 1 N–H and O–H groups in total. The van der Waals surface area contributed by atoms with Crippen LogP contribution in [0.3, 0.4) is 0 Å². The SMILES string of the molecule is CC(=O)c1c(O)c(Cl)cc2c1OCO2. The lowest BCUT2D eigenvalue weighted by atomic mass is 10.1. The Kier molecular flexibility index (Phi) is 2.00. The van der Waals surface area contributed by atoms with E-state index in [2.05, 4.69) is 0 Å². The van der Waals surface area contributed by atoms with E-state index in [0.717, 1.165) is 0 Å². The second-order valence-electron chi connectivity index (χ2n) is 2.87. The Bertz CT molecular complexity index is 414. The second kappa shape index (κ2) is 3.06. The fourth-order valence-corrected chi connectivity index (χ4v) is 1.52. The second-order valence-corrected chi connectivity index (χ2v) is 3.28. The molecule has 5 heteroatoms. The van der Waals surface area contributed by atoms with Crippen molar-refractivity contribution in [2.75, 3.05) is 6.79 Å². The summed E-state index contributed by atoms with van der Waals surface area (Å²) in [5.41, 5.74) is 0.0741. The van der Waals surface area contributed by atoms with Crippen LogP contribution in [-0.2, 0) is 0 Å². The van der Waals surface area contributed by atoms with Gasteiger partial charge in [-0.15, -0.1) is 0 Å². The van der Waals surface area contributed by atoms with E-state index in [4.69, 9.17) is 21.1 Å². The molecule has 0 unspecified atom stereocenters. The van der Waals surface area contributed by atoms with E-state index in [-0.39, 0.29) is 34.7 Å². The Balaban J connectivity index is 2.72. The summed E-state index contributed by atoms with van der Waals surface area (Å²) in [4.78, 5) is 11.2. The van der Waals surface area contributed by atoms with E-state index in [1.807, 2.05) is 0 Å². The van der Waals surface area contributed by atoms with Gasteiger partial charge in [-0.1, -0.05) is 11.6 Å². The van der Waals surface area contributed by atoms with E-state index in [1.165, 1.54) is 13.0 Å². The molecule has 4 nitrogen and oxygen atoms in total. The third-order valence-electron chi connectivity index (χ3n) is 1.94. The molecule has 0 radical (unpaired) electrons. The molecule has 0 bridgehead atoms. The Labute approximate surface area is 85.0 Å². The van der Waals surface area contributed by atoms with Crippen LogP contribution in [-0.4, -0.2) is 17.7 Å². The van der Waals surface area contributed by atoms with Crippen LogP contribution in [0.5, 0.6) is 17.2 Å². The molecule has 0 saturated heterocycles. The molecule has 1 aromatic rings. The zero-order valence-electron chi connectivity index (χ0n) is 7.33. The Morgan fingerprint density at radius 2 is 2.29 bits per heavy atom. The van der Waals surface area contributed by atoms with Gasteiger partial charge in [-0.2, -0.15) is 0 Å². The highest BCUT2D eigenvalue weighted by molar-refractivity contribution is 6.33. The summed E-state index contributed by atoms with van der Waals surface area (Å²) < 4.78 is 10.1. The maximum atomic E-state index is 11.2. The molecule has 0 saturated carbocycles. The number of aromatic hydroxyl groups is 1. The zero-order chi connectivity index (χ0) is 10.3. The first-order valence-electron chi connectivity index (χ1n) is 3.93. The predicted molar refractivity (Wildman–Crippen MR) is 49.2 cm³/mol. The number of hydrogen-bond acceptors (Lipinski definition) is 4. The number of ether oxygens (including phenoxy) is 2. The van der Waals surface area contributed by atoms with Crippen molar-refractivity contribution in [1.29, 1.82) is 0 Å². The van der Waals surface area contributed by atoms with Crippen LogP contribution in [0.2, 0.25) is 5.02 Å². The van der Waals surface area contributed by atoms with E-state index < -0.39 is 0 Å².